The highest BCUT2D eigenvalue weighted by molar-refractivity contribution is 6.30. The number of hydrogen-bond donors (Lipinski definition) is 1. The molecular formula is C17H24ClN. The van der Waals surface area contributed by atoms with E-state index in [0.717, 1.165) is 11.6 Å². The van der Waals surface area contributed by atoms with Crippen LogP contribution >= 0.6 is 11.6 Å². The molecule has 104 valence electrons. The summed E-state index contributed by atoms with van der Waals surface area (Å²) in [5.74, 6) is 0. The minimum absolute atomic E-state index is 0.358. The van der Waals surface area contributed by atoms with Crippen molar-refractivity contribution < 1.29 is 0 Å². The van der Waals surface area contributed by atoms with Gasteiger partial charge in [0.15, 0.2) is 0 Å². The molecule has 1 nitrogen and oxygen atoms in total. The van der Waals surface area contributed by atoms with E-state index in [9.17, 15) is 0 Å². The number of rotatable bonds is 3. The van der Waals surface area contributed by atoms with Gasteiger partial charge in [0, 0.05) is 17.0 Å². The largest absolute Gasteiger partial charge is 0.319 e. The third-order valence-corrected chi connectivity index (χ3v) is 5.56. The van der Waals surface area contributed by atoms with Crippen molar-refractivity contribution in [1.82, 2.24) is 5.32 Å². The highest BCUT2D eigenvalue weighted by Gasteiger charge is 2.54. The van der Waals surface area contributed by atoms with Crippen LogP contribution in [0.2, 0.25) is 5.02 Å². The Hall–Kier alpha value is -0.530. The molecule has 3 rings (SSSR count). The molecule has 0 amide bonds. The monoisotopic (exact) mass is 277 g/mol. The standard InChI is InChI=1S/C17H24ClN/c1-19-13-17(14-5-7-15(18)8-6-14)11-16(12-17)9-3-2-4-10-16/h5-8,19H,2-4,9-13H2,1H3. The van der Waals surface area contributed by atoms with E-state index in [0.29, 0.717) is 10.8 Å². The lowest BCUT2D eigenvalue weighted by Crippen LogP contribution is -2.54. The molecular weight excluding hydrogens is 254 g/mol. The first kappa shape index (κ1) is 13.5. The van der Waals surface area contributed by atoms with Crippen molar-refractivity contribution >= 4 is 11.6 Å². The van der Waals surface area contributed by atoms with Gasteiger partial charge in [0.25, 0.3) is 0 Å². The zero-order valence-electron chi connectivity index (χ0n) is 11.8. The third-order valence-electron chi connectivity index (χ3n) is 5.31. The van der Waals surface area contributed by atoms with Crippen LogP contribution in [-0.2, 0) is 5.41 Å². The smallest absolute Gasteiger partial charge is 0.0406 e. The second-order valence-electron chi connectivity index (χ2n) is 6.73. The lowest BCUT2D eigenvalue weighted by molar-refractivity contribution is -0.0118. The summed E-state index contributed by atoms with van der Waals surface area (Å²) in [4.78, 5) is 0. The van der Waals surface area contributed by atoms with Gasteiger partial charge < -0.3 is 5.32 Å². The van der Waals surface area contributed by atoms with E-state index in [1.54, 1.807) is 0 Å². The minimum Gasteiger partial charge on any atom is -0.319 e. The van der Waals surface area contributed by atoms with Crippen LogP contribution in [0.4, 0.5) is 0 Å². The van der Waals surface area contributed by atoms with Crippen LogP contribution in [0.1, 0.15) is 50.5 Å². The molecule has 2 aliphatic rings. The molecule has 2 heteroatoms. The minimum atomic E-state index is 0.358. The summed E-state index contributed by atoms with van der Waals surface area (Å²) >= 11 is 6.03. The molecule has 0 bridgehead atoms. The maximum Gasteiger partial charge on any atom is 0.0406 e. The van der Waals surface area contributed by atoms with Crippen LogP contribution in [0.15, 0.2) is 24.3 Å². The highest BCUT2D eigenvalue weighted by Crippen LogP contribution is 2.61. The van der Waals surface area contributed by atoms with E-state index in [1.165, 1.54) is 50.5 Å². The molecule has 2 aliphatic carbocycles. The molecule has 1 N–H and O–H groups in total. The quantitative estimate of drug-likeness (QED) is 0.855. The summed E-state index contributed by atoms with van der Waals surface area (Å²) in [6.07, 6.45) is 9.96. The Balaban J connectivity index is 1.80. The third kappa shape index (κ3) is 2.43. The Morgan fingerprint density at radius 2 is 1.68 bits per heavy atom. The molecule has 1 aromatic carbocycles. The second-order valence-corrected chi connectivity index (χ2v) is 7.17. The molecule has 0 atom stereocenters. The van der Waals surface area contributed by atoms with Crippen LogP contribution in [-0.4, -0.2) is 13.6 Å². The van der Waals surface area contributed by atoms with Crippen molar-refractivity contribution in [3.63, 3.8) is 0 Å². The van der Waals surface area contributed by atoms with Crippen LogP contribution < -0.4 is 5.32 Å². The van der Waals surface area contributed by atoms with Gasteiger partial charge in [-0.05, 0) is 55.8 Å². The molecule has 1 spiro atoms. The van der Waals surface area contributed by atoms with Gasteiger partial charge in [-0.25, -0.2) is 0 Å². The summed E-state index contributed by atoms with van der Waals surface area (Å²) in [5.41, 5.74) is 2.49. The number of hydrogen-bond acceptors (Lipinski definition) is 1. The van der Waals surface area contributed by atoms with Gasteiger partial charge >= 0.3 is 0 Å². The number of halogens is 1. The Labute approximate surface area is 121 Å². The fraction of sp³-hybridized carbons (Fsp3) is 0.647. The SMILES string of the molecule is CNCC1(c2ccc(Cl)cc2)CC2(CCCCC2)C1. The first-order valence-corrected chi connectivity index (χ1v) is 7.97. The summed E-state index contributed by atoms with van der Waals surface area (Å²) in [5, 5.41) is 4.26. The predicted octanol–water partition coefficient (Wildman–Crippen LogP) is 4.54. The van der Waals surface area contributed by atoms with Gasteiger partial charge in [-0.1, -0.05) is 43.0 Å². The summed E-state index contributed by atoms with van der Waals surface area (Å²) in [6.45, 7) is 1.09. The Morgan fingerprint density at radius 1 is 1.05 bits per heavy atom. The maximum absolute atomic E-state index is 6.03. The average molecular weight is 278 g/mol. The van der Waals surface area contributed by atoms with E-state index >= 15 is 0 Å². The van der Waals surface area contributed by atoms with Gasteiger partial charge in [0.1, 0.15) is 0 Å². The molecule has 2 saturated carbocycles. The second kappa shape index (κ2) is 5.10. The van der Waals surface area contributed by atoms with Crippen molar-refractivity contribution in [2.45, 2.75) is 50.4 Å². The zero-order valence-corrected chi connectivity index (χ0v) is 12.6. The number of likely N-dealkylation sites (N-methyl/N-ethyl adjacent to an activating group) is 1. The van der Waals surface area contributed by atoms with Gasteiger partial charge in [-0.2, -0.15) is 0 Å². The molecule has 0 unspecified atom stereocenters. The predicted molar refractivity (Wildman–Crippen MR) is 81.8 cm³/mol. The molecule has 1 aromatic rings. The van der Waals surface area contributed by atoms with E-state index in [4.69, 9.17) is 11.6 Å². The van der Waals surface area contributed by atoms with Crippen molar-refractivity contribution in [3.8, 4) is 0 Å². The molecule has 0 aromatic heterocycles. The number of nitrogens with one attached hydrogen (secondary N) is 1. The van der Waals surface area contributed by atoms with Crippen LogP contribution in [0.25, 0.3) is 0 Å². The van der Waals surface area contributed by atoms with Crippen LogP contribution in [0.5, 0.6) is 0 Å². The fourth-order valence-corrected chi connectivity index (χ4v) is 4.74. The summed E-state index contributed by atoms with van der Waals surface area (Å²) in [7, 11) is 2.07. The van der Waals surface area contributed by atoms with Crippen molar-refractivity contribution in [1.29, 1.82) is 0 Å². The number of benzene rings is 1. The first-order chi connectivity index (χ1) is 9.18. The van der Waals surface area contributed by atoms with Gasteiger partial charge in [0.05, 0.1) is 0 Å². The Bertz CT molecular complexity index is 423. The molecule has 2 fully saturated rings. The van der Waals surface area contributed by atoms with Crippen molar-refractivity contribution in [2.75, 3.05) is 13.6 Å². The summed E-state index contributed by atoms with van der Waals surface area (Å²) < 4.78 is 0. The van der Waals surface area contributed by atoms with E-state index < -0.39 is 0 Å². The molecule has 0 saturated heterocycles. The van der Waals surface area contributed by atoms with Crippen LogP contribution in [0, 0.1) is 5.41 Å². The van der Waals surface area contributed by atoms with E-state index in [-0.39, 0.29) is 0 Å². The van der Waals surface area contributed by atoms with Crippen molar-refractivity contribution in [3.05, 3.63) is 34.9 Å². The van der Waals surface area contributed by atoms with E-state index in [1.807, 2.05) is 12.1 Å². The highest BCUT2D eigenvalue weighted by atomic mass is 35.5. The zero-order chi connectivity index (χ0) is 13.3. The maximum atomic E-state index is 6.03. The summed E-state index contributed by atoms with van der Waals surface area (Å²) in [6, 6.07) is 8.55. The van der Waals surface area contributed by atoms with Gasteiger partial charge in [-0.15, -0.1) is 0 Å². The fourth-order valence-electron chi connectivity index (χ4n) is 4.61. The Kier molecular flexibility index (Phi) is 3.61. The lowest BCUT2D eigenvalue weighted by Gasteiger charge is -2.59. The molecule has 0 aliphatic heterocycles. The van der Waals surface area contributed by atoms with Gasteiger partial charge in [0.2, 0.25) is 0 Å². The lowest BCUT2D eigenvalue weighted by atomic mass is 9.46. The average Bonchev–Trinajstić information content (AvgIpc) is 2.39. The topological polar surface area (TPSA) is 12.0 Å². The molecule has 19 heavy (non-hydrogen) atoms. The van der Waals surface area contributed by atoms with Crippen LogP contribution in [0.3, 0.4) is 0 Å². The van der Waals surface area contributed by atoms with Gasteiger partial charge in [-0.3, -0.25) is 0 Å². The first-order valence-electron chi connectivity index (χ1n) is 7.59. The normalized spacial score (nSPS) is 24.1. The molecule has 0 radical (unpaired) electrons. The molecule has 0 heterocycles. The van der Waals surface area contributed by atoms with E-state index in [2.05, 4.69) is 24.5 Å². The van der Waals surface area contributed by atoms with Crippen molar-refractivity contribution in [2.24, 2.45) is 5.41 Å². The Morgan fingerprint density at radius 3 is 2.26 bits per heavy atom.